The molecule has 3 N–H and O–H groups in total. The first-order chi connectivity index (χ1) is 15.3. The first-order valence-corrected chi connectivity index (χ1v) is 10.8. The van der Waals surface area contributed by atoms with E-state index in [0.29, 0.717) is 37.1 Å². The van der Waals surface area contributed by atoms with Gasteiger partial charge < -0.3 is 20.3 Å². The van der Waals surface area contributed by atoms with E-state index in [1.165, 1.54) is 6.07 Å². The van der Waals surface area contributed by atoms with E-state index in [2.05, 4.69) is 10.6 Å². The number of nitrogens with zero attached hydrogens (tertiary/aromatic N) is 1. The van der Waals surface area contributed by atoms with Crippen LogP contribution in [-0.4, -0.2) is 39.4 Å². The summed E-state index contributed by atoms with van der Waals surface area (Å²) in [7, 11) is 0. The number of Topliss-reactive ketones (excluding diaryl/α,β-unsaturated/α-hetero) is 1. The molecule has 1 aliphatic carbocycles. The van der Waals surface area contributed by atoms with E-state index in [1.807, 2.05) is 0 Å². The predicted octanol–water partition coefficient (Wildman–Crippen LogP) is 2.88. The van der Waals surface area contributed by atoms with E-state index in [-0.39, 0.29) is 16.9 Å². The van der Waals surface area contributed by atoms with Crippen molar-refractivity contribution in [1.82, 2.24) is 9.88 Å². The lowest BCUT2D eigenvalue weighted by Crippen LogP contribution is -2.43. The fourth-order valence-electron chi connectivity index (χ4n) is 4.69. The molecule has 1 fully saturated rings. The molecule has 9 heteroatoms. The van der Waals surface area contributed by atoms with Gasteiger partial charge in [-0.3, -0.25) is 14.4 Å². The largest absolute Gasteiger partial charge is 0.391 e. The minimum absolute atomic E-state index is 0.0879. The van der Waals surface area contributed by atoms with Crippen molar-refractivity contribution in [3.63, 3.8) is 0 Å². The molecule has 2 aromatic rings. The molecule has 4 rings (SSSR count). The lowest BCUT2D eigenvalue weighted by Gasteiger charge is -2.19. The van der Waals surface area contributed by atoms with E-state index >= 15 is 0 Å². The van der Waals surface area contributed by atoms with Gasteiger partial charge in [-0.25, -0.2) is 8.78 Å². The average molecular weight is 445 g/mol. The second kappa shape index (κ2) is 8.82. The molecule has 2 atom stereocenters. The Morgan fingerprint density at radius 3 is 2.56 bits per heavy atom. The standard InChI is InChI=1S/C23H25F2N3O4/c1-12-19(22(31)26-13-8-9-14(24)15(25)11-13)17-6-2-3-10-28(17)20(12)21(30)23(32)27-16-5-4-7-18(16)29/h8-9,11,16,18,29H,2-7,10H2,1H3,(H,26,31)(H,27,32)/t16-,18+/m0/s1. The van der Waals surface area contributed by atoms with Crippen molar-refractivity contribution in [1.29, 1.82) is 0 Å². The highest BCUT2D eigenvalue weighted by Crippen LogP contribution is 2.30. The van der Waals surface area contributed by atoms with E-state index < -0.39 is 41.4 Å². The van der Waals surface area contributed by atoms with Gasteiger partial charge in [0, 0.05) is 24.0 Å². The van der Waals surface area contributed by atoms with Gasteiger partial charge in [-0.05, 0) is 63.1 Å². The van der Waals surface area contributed by atoms with E-state index in [4.69, 9.17) is 0 Å². The zero-order chi connectivity index (χ0) is 23.0. The van der Waals surface area contributed by atoms with Crippen molar-refractivity contribution in [2.75, 3.05) is 5.32 Å². The quantitative estimate of drug-likeness (QED) is 0.487. The number of hydrogen-bond donors (Lipinski definition) is 3. The molecule has 0 radical (unpaired) electrons. The maximum atomic E-state index is 13.5. The van der Waals surface area contributed by atoms with Crippen LogP contribution in [0.3, 0.4) is 0 Å². The van der Waals surface area contributed by atoms with Gasteiger partial charge in [0.1, 0.15) is 0 Å². The Morgan fingerprint density at radius 1 is 1.09 bits per heavy atom. The van der Waals surface area contributed by atoms with Gasteiger partial charge in [-0.15, -0.1) is 0 Å². The summed E-state index contributed by atoms with van der Waals surface area (Å²) >= 11 is 0. The highest BCUT2D eigenvalue weighted by atomic mass is 19.2. The number of anilines is 1. The predicted molar refractivity (Wildman–Crippen MR) is 113 cm³/mol. The molecular weight excluding hydrogens is 420 g/mol. The number of carbonyl (C=O) groups excluding carboxylic acids is 3. The van der Waals surface area contributed by atoms with Gasteiger partial charge in [0.2, 0.25) is 0 Å². The van der Waals surface area contributed by atoms with Gasteiger partial charge in [0.15, 0.2) is 11.6 Å². The van der Waals surface area contributed by atoms with Crippen LogP contribution < -0.4 is 10.6 Å². The summed E-state index contributed by atoms with van der Waals surface area (Å²) < 4.78 is 28.5. The monoisotopic (exact) mass is 445 g/mol. The number of amides is 2. The SMILES string of the molecule is Cc1c(C(=O)Nc2ccc(F)c(F)c2)c2n(c1C(=O)C(=O)N[C@H]1CCC[C@H]1O)CCCC2. The number of rotatable bonds is 5. The van der Waals surface area contributed by atoms with Gasteiger partial charge in [-0.2, -0.15) is 0 Å². The van der Waals surface area contributed by atoms with Crippen molar-refractivity contribution in [3.8, 4) is 0 Å². The molecule has 1 saturated carbocycles. The second-order valence-corrected chi connectivity index (χ2v) is 8.39. The lowest BCUT2D eigenvalue weighted by molar-refractivity contribution is -0.118. The minimum atomic E-state index is -1.08. The van der Waals surface area contributed by atoms with E-state index in [0.717, 1.165) is 31.4 Å². The molecule has 0 spiro atoms. The third-order valence-electron chi connectivity index (χ3n) is 6.28. The Morgan fingerprint density at radius 2 is 1.88 bits per heavy atom. The number of halogens is 2. The molecule has 1 aliphatic heterocycles. The number of benzene rings is 1. The Hall–Kier alpha value is -3.07. The summed E-state index contributed by atoms with van der Waals surface area (Å²) in [5.74, 6) is -4.22. The molecule has 2 amide bonds. The van der Waals surface area contributed by atoms with Crippen LogP contribution in [0, 0.1) is 18.6 Å². The molecule has 0 bridgehead atoms. The maximum Gasteiger partial charge on any atom is 0.294 e. The highest BCUT2D eigenvalue weighted by Gasteiger charge is 2.34. The molecule has 2 aliphatic rings. The van der Waals surface area contributed by atoms with Crippen LogP contribution >= 0.6 is 0 Å². The Bertz CT molecular complexity index is 1100. The molecule has 0 unspecified atom stereocenters. The van der Waals surface area contributed by atoms with Gasteiger partial charge in [-0.1, -0.05) is 0 Å². The number of carbonyl (C=O) groups is 3. The molecule has 1 aromatic carbocycles. The molecule has 2 heterocycles. The van der Waals surface area contributed by atoms with Gasteiger partial charge in [0.25, 0.3) is 17.6 Å². The summed E-state index contributed by atoms with van der Waals surface area (Å²) in [4.78, 5) is 38.8. The summed E-state index contributed by atoms with van der Waals surface area (Å²) in [5, 5.41) is 15.1. The van der Waals surface area contributed by atoms with E-state index in [9.17, 15) is 28.3 Å². The van der Waals surface area contributed by atoms with Crippen LogP contribution in [0.1, 0.15) is 64.2 Å². The topological polar surface area (TPSA) is 100 Å². The molecule has 0 saturated heterocycles. The van der Waals surface area contributed by atoms with Crippen LogP contribution in [0.2, 0.25) is 0 Å². The average Bonchev–Trinajstić information content (AvgIpc) is 3.29. The Kier molecular flexibility index (Phi) is 6.10. The van der Waals surface area contributed by atoms with Crippen molar-refractivity contribution < 1.29 is 28.3 Å². The Balaban J connectivity index is 1.64. The van der Waals surface area contributed by atoms with Crippen molar-refractivity contribution >= 4 is 23.3 Å². The normalized spacial score (nSPS) is 20.0. The molecule has 1 aromatic heterocycles. The van der Waals surface area contributed by atoms with Crippen LogP contribution in [-0.2, 0) is 17.8 Å². The lowest BCUT2D eigenvalue weighted by atomic mass is 10.0. The third-order valence-corrected chi connectivity index (χ3v) is 6.28. The summed E-state index contributed by atoms with van der Waals surface area (Å²) in [6, 6.07) is 2.60. The third kappa shape index (κ3) is 4.04. The molecular formula is C23H25F2N3O4. The first-order valence-electron chi connectivity index (χ1n) is 10.8. The van der Waals surface area contributed by atoms with Crippen molar-refractivity contribution in [2.24, 2.45) is 0 Å². The number of nitrogens with one attached hydrogen (secondary N) is 2. The zero-order valence-electron chi connectivity index (χ0n) is 17.7. The van der Waals surface area contributed by atoms with Crippen molar-refractivity contribution in [2.45, 2.75) is 64.1 Å². The van der Waals surface area contributed by atoms with E-state index in [1.54, 1.807) is 11.5 Å². The zero-order valence-corrected chi connectivity index (χ0v) is 17.7. The van der Waals surface area contributed by atoms with Crippen LogP contribution in [0.5, 0.6) is 0 Å². The molecule has 170 valence electrons. The summed E-state index contributed by atoms with van der Waals surface area (Å²) in [6.07, 6.45) is 3.45. The van der Waals surface area contributed by atoms with Crippen LogP contribution in [0.4, 0.5) is 14.5 Å². The number of hydrogen-bond acceptors (Lipinski definition) is 4. The minimum Gasteiger partial charge on any atom is -0.391 e. The van der Waals surface area contributed by atoms with Gasteiger partial charge >= 0.3 is 0 Å². The second-order valence-electron chi connectivity index (χ2n) is 8.39. The van der Waals surface area contributed by atoms with Crippen molar-refractivity contribution in [3.05, 3.63) is 52.3 Å². The highest BCUT2D eigenvalue weighted by molar-refractivity contribution is 6.43. The van der Waals surface area contributed by atoms with Crippen LogP contribution in [0.15, 0.2) is 18.2 Å². The smallest absolute Gasteiger partial charge is 0.294 e. The van der Waals surface area contributed by atoms with Crippen LogP contribution in [0.25, 0.3) is 0 Å². The Labute approximate surface area is 183 Å². The number of aliphatic hydroxyl groups excluding tert-OH is 1. The number of aliphatic hydroxyl groups is 1. The fourth-order valence-corrected chi connectivity index (χ4v) is 4.69. The number of fused-ring (bicyclic) bond motifs is 1. The summed E-state index contributed by atoms with van der Waals surface area (Å²) in [6.45, 7) is 2.10. The summed E-state index contributed by atoms with van der Waals surface area (Å²) in [5.41, 5.74) is 1.52. The molecule has 32 heavy (non-hydrogen) atoms. The number of aromatic nitrogens is 1. The molecule has 7 nitrogen and oxygen atoms in total. The van der Waals surface area contributed by atoms with Gasteiger partial charge in [0.05, 0.1) is 23.4 Å². The number of ketones is 1. The first kappa shape index (κ1) is 22.1. The fraction of sp³-hybridized carbons (Fsp3) is 0.435. The maximum absolute atomic E-state index is 13.5.